The maximum Gasteiger partial charge on any atom is 0.305 e. The summed E-state index contributed by atoms with van der Waals surface area (Å²) in [5, 5.41) is 0. The van der Waals surface area contributed by atoms with Crippen LogP contribution in [-0.2, 0) is 19.1 Å². The highest BCUT2D eigenvalue weighted by molar-refractivity contribution is 5.69. The second kappa shape index (κ2) is 53.3. The zero-order chi connectivity index (χ0) is 48.2. The largest absolute Gasteiger partial charge is 0.465 e. The Kier molecular flexibility index (Phi) is 52.4. The molecule has 0 aliphatic heterocycles. The van der Waals surface area contributed by atoms with Gasteiger partial charge in [0.1, 0.15) is 0 Å². The average Bonchev–Trinajstić information content (AvgIpc) is 3.31. The molecule has 0 bridgehead atoms. The number of unbranched alkanes of at least 4 members (excludes halogenated alkanes) is 32. The van der Waals surface area contributed by atoms with Crippen molar-refractivity contribution in [3.8, 4) is 0 Å². The Labute approximate surface area is 416 Å². The third kappa shape index (κ3) is 49.4. The molecule has 0 aromatic carbocycles. The van der Waals surface area contributed by atoms with E-state index in [4.69, 9.17) is 9.47 Å². The van der Waals surface area contributed by atoms with Crippen molar-refractivity contribution in [3.05, 3.63) is 0 Å². The number of hydrogen-bond acceptors (Lipinski definition) is 4. The van der Waals surface area contributed by atoms with Gasteiger partial charge in [0.25, 0.3) is 0 Å². The van der Waals surface area contributed by atoms with Gasteiger partial charge in [-0.05, 0) is 62.2 Å². The van der Waals surface area contributed by atoms with Crippen LogP contribution in [0.15, 0.2) is 0 Å². The average molecular weight is 932 g/mol. The van der Waals surface area contributed by atoms with Gasteiger partial charge < -0.3 is 9.47 Å². The molecule has 0 radical (unpaired) electrons. The van der Waals surface area contributed by atoms with E-state index in [0.717, 1.165) is 37.5 Å². The predicted octanol–water partition coefficient (Wildman–Crippen LogP) is 21.4. The molecule has 0 aliphatic rings. The molecule has 66 heavy (non-hydrogen) atoms. The summed E-state index contributed by atoms with van der Waals surface area (Å²) in [6.07, 6.45) is 61.3. The monoisotopic (exact) mass is 931 g/mol. The van der Waals surface area contributed by atoms with Crippen molar-refractivity contribution < 1.29 is 19.1 Å². The van der Waals surface area contributed by atoms with Gasteiger partial charge in [0, 0.05) is 12.8 Å². The molecule has 0 saturated heterocycles. The number of hydrogen-bond donors (Lipinski definition) is 0. The van der Waals surface area contributed by atoms with Crippen molar-refractivity contribution in [2.24, 2.45) is 23.7 Å². The van der Waals surface area contributed by atoms with E-state index in [0.29, 0.717) is 37.9 Å². The van der Waals surface area contributed by atoms with Gasteiger partial charge in [-0.3, -0.25) is 9.59 Å². The lowest BCUT2D eigenvalue weighted by Gasteiger charge is -2.18. The number of carbonyl (C=O) groups is 2. The Balaban J connectivity index is 4.34. The summed E-state index contributed by atoms with van der Waals surface area (Å²) < 4.78 is 11.8. The lowest BCUT2D eigenvalue weighted by molar-refractivity contribution is -0.146. The smallest absolute Gasteiger partial charge is 0.305 e. The highest BCUT2D eigenvalue weighted by Crippen LogP contribution is 2.26. The number of esters is 2. The number of rotatable bonds is 55. The van der Waals surface area contributed by atoms with E-state index in [9.17, 15) is 9.59 Å². The van der Waals surface area contributed by atoms with Crippen LogP contribution in [0.2, 0.25) is 0 Å². The van der Waals surface area contributed by atoms with Crippen LogP contribution in [0.5, 0.6) is 0 Å². The summed E-state index contributed by atoms with van der Waals surface area (Å²) in [7, 11) is 0. The lowest BCUT2D eigenvalue weighted by atomic mass is 9.88. The molecule has 0 aromatic heterocycles. The fourth-order valence-corrected chi connectivity index (χ4v) is 10.2. The van der Waals surface area contributed by atoms with E-state index in [1.54, 1.807) is 0 Å². The van der Waals surface area contributed by atoms with Crippen LogP contribution >= 0.6 is 0 Å². The van der Waals surface area contributed by atoms with E-state index >= 15 is 0 Å². The van der Waals surface area contributed by atoms with Crippen LogP contribution in [0.25, 0.3) is 0 Å². The van der Waals surface area contributed by atoms with Crippen molar-refractivity contribution in [3.63, 3.8) is 0 Å². The summed E-state index contributed by atoms with van der Waals surface area (Å²) in [4.78, 5) is 25.5. The molecule has 2 unspecified atom stereocenters. The SMILES string of the molecule is CCCCCCCCCCC(CCCCCCCC)COC(=O)CCCCCCCC(CCCCCCCC(=O)OCC(CCCCCCCC)CCCCCCCCCC)CCC(C)C. The summed E-state index contributed by atoms with van der Waals surface area (Å²) in [5.74, 6) is 2.81. The second-order valence-electron chi connectivity index (χ2n) is 22.2. The fraction of sp³-hybridized carbons (Fsp3) is 0.968. The first kappa shape index (κ1) is 64.9. The highest BCUT2D eigenvalue weighted by atomic mass is 16.5. The van der Waals surface area contributed by atoms with Gasteiger partial charge in [0.05, 0.1) is 13.2 Å². The van der Waals surface area contributed by atoms with Gasteiger partial charge in [-0.15, -0.1) is 0 Å². The number of ether oxygens (including phenoxy) is 2. The molecule has 0 rings (SSSR count). The normalized spacial score (nSPS) is 13.1. The van der Waals surface area contributed by atoms with E-state index in [1.165, 1.54) is 270 Å². The number of carbonyl (C=O) groups excluding carboxylic acids is 2. The van der Waals surface area contributed by atoms with Gasteiger partial charge in [0.2, 0.25) is 0 Å². The molecule has 0 spiro atoms. The molecule has 0 saturated carbocycles. The third-order valence-corrected chi connectivity index (χ3v) is 15.0. The minimum Gasteiger partial charge on any atom is -0.465 e. The van der Waals surface area contributed by atoms with Gasteiger partial charge in [-0.1, -0.05) is 298 Å². The fourth-order valence-electron chi connectivity index (χ4n) is 10.2. The lowest BCUT2D eigenvalue weighted by Crippen LogP contribution is -2.14. The molecular weight excluding hydrogens is 809 g/mol. The van der Waals surface area contributed by atoms with Crippen LogP contribution in [-0.4, -0.2) is 25.2 Å². The molecule has 0 amide bonds. The Morgan fingerprint density at radius 3 is 0.758 bits per heavy atom. The Hall–Kier alpha value is -1.06. The van der Waals surface area contributed by atoms with E-state index in [-0.39, 0.29) is 11.9 Å². The van der Waals surface area contributed by atoms with Crippen LogP contribution in [0.1, 0.15) is 350 Å². The van der Waals surface area contributed by atoms with Crippen molar-refractivity contribution in [1.29, 1.82) is 0 Å². The van der Waals surface area contributed by atoms with Crippen LogP contribution in [0, 0.1) is 23.7 Å². The molecule has 0 aliphatic carbocycles. The third-order valence-electron chi connectivity index (χ3n) is 15.0. The van der Waals surface area contributed by atoms with Crippen molar-refractivity contribution in [2.75, 3.05) is 13.2 Å². The molecule has 0 fully saturated rings. The van der Waals surface area contributed by atoms with Gasteiger partial charge in [0.15, 0.2) is 0 Å². The van der Waals surface area contributed by atoms with Crippen molar-refractivity contribution in [1.82, 2.24) is 0 Å². The summed E-state index contributed by atoms with van der Waals surface area (Å²) in [5.41, 5.74) is 0. The van der Waals surface area contributed by atoms with Crippen LogP contribution < -0.4 is 0 Å². The van der Waals surface area contributed by atoms with E-state index in [2.05, 4.69) is 41.5 Å². The molecule has 4 heteroatoms. The zero-order valence-corrected chi connectivity index (χ0v) is 46.3. The first-order chi connectivity index (χ1) is 32.4. The molecular formula is C62H122O4. The summed E-state index contributed by atoms with van der Waals surface area (Å²) >= 11 is 0. The second-order valence-corrected chi connectivity index (χ2v) is 22.2. The molecule has 0 N–H and O–H groups in total. The summed E-state index contributed by atoms with van der Waals surface area (Å²) in [6, 6.07) is 0. The minimum absolute atomic E-state index is 0.0411. The molecule has 2 atom stereocenters. The molecule has 4 nitrogen and oxygen atoms in total. The van der Waals surface area contributed by atoms with Crippen LogP contribution in [0.4, 0.5) is 0 Å². The van der Waals surface area contributed by atoms with Gasteiger partial charge >= 0.3 is 11.9 Å². The quantitative estimate of drug-likeness (QED) is 0.0450. The first-order valence-corrected chi connectivity index (χ1v) is 30.7. The Morgan fingerprint density at radius 2 is 0.500 bits per heavy atom. The van der Waals surface area contributed by atoms with Crippen LogP contribution in [0.3, 0.4) is 0 Å². The molecule has 0 heterocycles. The molecule has 394 valence electrons. The maximum atomic E-state index is 12.8. The maximum absolute atomic E-state index is 12.8. The van der Waals surface area contributed by atoms with Gasteiger partial charge in [-0.2, -0.15) is 0 Å². The minimum atomic E-state index is 0.0411. The topological polar surface area (TPSA) is 52.6 Å². The zero-order valence-electron chi connectivity index (χ0n) is 46.3. The Bertz CT molecular complexity index is 891. The van der Waals surface area contributed by atoms with Crippen molar-refractivity contribution >= 4 is 11.9 Å². The predicted molar refractivity (Wildman–Crippen MR) is 292 cm³/mol. The van der Waals surface area contributed by atoms with E-state index in [1.807, 2.05) is 0 Å². The first-order valence-electron chi connectivity index (χ1n) is 30.7. The van der Waals surface area contributed by atoms with E-state index < -0.39 is 0 Å². The standard InChI is InChI=1S/C62H122O4/c1-7-11-15-19-23-25-31-41-49-59(47-39-29-21-17-13-9-3)55-65-61(63)51-43-35-27-33-37-45-58(54-53-57(5)6)46-38-34-28-36-44-52-62(64)66-56-60(48-40-30-22-18-14-10-4)50-42-32-26-24-20-16-12-8-2/h57-60H,7-56H2,1-6H3. The molecule has 0 aromatic rings. The Morgan fingerprint density at radius 1 is 0.273 bits per heavy atom. The summed E-state index contributed by atoms with van der Waals surface area (Å²) in [6.45, 7) is 15.2. The van der Waals surface area contributed by atoms with Gasteiger partial charge in [-0.25, -0.2) is 0 Å². The highest BCUT2D eigenvalue weighted by Gasteiger charge is 2.15. The van der Waals surface area contributed by atoms with Crippen molar-refractivity contribution in [2.45, 2.75) is 350 Å².